The highest BCUT2D eigenvalue weighted by Crippen LogP contribution is 2.31. The van der Waals surface area contributed by atoms with E-state index < -0.39 is 10.0 Å². The molecule has 0 saturated carbocycles. The van der Waals surface area contributed by atoms with Crippen molar-refractivity contribution in [3.8, 4) is 5.88 Å². The van der Waals surface area contributed by atoms with Gasteiger partial charge in [0.15, 0.2) is 0 Å². The van der Waals surface area contributed by atoms with Gasteiger partial charge in [-0.15, -0.1) is 11.8 Å². The standard InChI is InChI=1S/C16H16BrCl2N3O3S2/c1-2-26-9-4-3-8-25-16-15(20-10-13(17)21-16)22-27(23,24)12-7-5-6-11(18)14(12)19/h4-7,9-10H,2-3,8H2,1H3,(H,20,22)/b9-4-. The predicted octanol–water partition coefficient (Wildman–Crippen LogP) is 5.38. The normalized spacial score (nSPS) is 11.7. The molecule has 1 heterocycles. The molecular weight excluding hydrogens is 497 g/mol. The number of aromatic nitrogens is 2. The van der Waals surface area contributed by atoms with Crippen LogP contribution >= 0.6 is 50.9 Å². The molecule has 2 rings (SSSR count). The Hall–Kier alpha value is -1.000. The lowest BCUT2D eigenvalue weighted by Crippen LogP contribution is -2.16. The van der Waals surface area contributed by atoms with Crippen molar-refractivity contribution >= 4 is 66.7 Å². The molecule has 0 fully saturated rings. The summed E-state index contributed by atoms with van der Waals surface area (Å²) in [6, 6.07) is 4.34. The molecule has 0 bridgehead atoms. The van der Waals surface area contributed by atoms with Crippen molar-refractivity contribution in [1.29, 1.82) is 0 Å². The van der Waals surface area contributed by atoms with Gasteiger partial charge in [-0.3, -0.25) is 4.72 Å². The van der Waals surface area contributed by atoms with Crippen LogP contribution in [0.4, 0.5) is 5.82 Å². The number of anilines is 1. The maximum Gasteiger partial charge on any atom is 0.264 e. The van der Waals surface area contributed by atoms with E-state index in [4.69, 9.17) is 27.9 Å². The molecule has 0 amide bonds. The fraction of sp³-hybridized carbons (Fsp3) is 0.250. The largest absolute Gasteiger partial charge is 0.475 e. The first-order valence-corrected chi connectivity index (χ1v) is 11.8. The molecule has 0 aliphatic heterocycles. The summed E-state index contributed by atoms with van der Waals surface area (Å²) in [5.74, 6) is 1.01. The third-order valence-electron chi connectivity index (χ3n) is 3.03. The summed E-state index contributed by atoms with van der Waals surface area (Å²) in [6.07, 6.45) is 3.98. The third-order valence-corrected chi connectivity index (χ3v) is 6.44. The number of thioether (sulfide) groups is 1. The van der Waals surface area contributed by atoms with Gasteiger partial charge in [0.05, 0.1) is 22.8 Å². The third kappa shape index (κ3) is 6.53. The molecule has 1 N–H and O–H groups in total. The van der Waals surface area contributed by atoms with E-state index in [1.165, 1.54) is 24.4 Å². The zero-order valence-corrected chi connectivity index (χ0v) is 18.9. The van der Waals surface area contributed by atoms with Gasteiger partial charge in [0.2, 0.25) is 5.82 Å². The number of sulfonamides is 1. The summed E-state index contributed by atoms with van der Waals surface area (Å²) >= 11 is 16.8. The molecule has 1 aromatic carbocycles. The fourth-order valence-electron chi connectivity index (χ4n) is 1.85. The highest BCUT2D eigenvalue weighted by molar-refractivity contribution is 9.10. The molecule has 0 spiro atoms. The molecule has 0 aliphatic carbocycles. The Morgan fingerprint density at radius 2 is 2.15 bits per heavy atom. The predicted molar refractivity (Wildman–Crippen MR) is 114 cm³/mol. The van der Waals surface area contributed by atoms with E-state index in [0.29, 0.717) is 17.6 Å². The lowest BCUT2D eigenvalue weighted by molar-refractivity contribution is 0.312. The molecule has 0 saturated heterocycles. The van der Waals surface area contributed by atoms with Gasteiger partial charge in [-0.05, 0) is 39.2 Å². The number of hydrogen-bond acceptors (Lipinski definition) is 6. The number of rotatable bonds is 9. The molecule has 1 aromatic heterocycles. The number of halogens is 3. The number of benzene rings is 1. The Kier molecular flexibility index (Phi) is 8.68. The number of nitrogens with one attached hydrogen (secondary N) is 1. The molecule has 0 unspecified atom stereocenters. The SMILES string of the molecule is CCS/C=C\CCOc1nc(Br)cnc1NS(=O)(=O)c1cccc(Cl)c1Cl. The molecule has 27 heavy (non-hydrogen) atoms. The summed E-state index contributed by atoms with van der Waals surface area (Å²) in [4.78, 5) is 8.03. The fourth-order valence-corrected chi connectivity index (χ4v) is 4.35. The molecule has 2 aromatic rings. The van der Waals surface area contributed by atoms with Crippen molar-refractivity contribution in [3.05, 3.63) is 50.5 Å². The first-order chi connectivity index (χ1) is 12.8. The summed E-state index contributed by atoms with van der Waals surface area (Å²) in [5, 5.41) is 2.05. The van der Waals surface area contributed by atoms with Gasteiger partial charge < -0.3 is 4.74 Å². The van der Waals surface area contributed by atoms with Crippen LogP contribution in [0.3, 0.4) is 0 Å². The maximum absolute atomic E-state index is 12.7. The Morgan fingerprint density at radius 1 is 1.37 bits per heavy atom. The van der Waals surface area contributed by atoms with E-state index in [0.717, 1.165) is 5.75 Å². The topological polar surface area (TPSA) is 81.2 Å². The quantitative estimate of drug-likeness (QED) is 0.454. The number of hydrogen-bond donors (Lipinski definition) is 1. The second kappa shape index (κ2) is 10.5. The first kappa shape index (κ1) is 22.3. The van der Waals surface area contributed by atoms with Crippen LogP contribution < -0.4 is 9.46 Å². The van der Waals surface area contributed by atoms with Crippen LogP contribution in [0.25, 0.3) is 0 Å². The molecule has 0 radical (unpaired) electrons. The Balaban J connectivity index is 2.19. The van der Waals surface area contributed by atoms with E-state index in [1.807, 2.05) is 11.5 Å². The zero-order chi connectivity index (χ0) is 19.9. The van der Waals surface area contributed by atoms with Gasteiger partial charge >= 0.3 is 0 Å². The molecular formula is C16H16BrCl2N3O3S2. The second-order valence-corrected chi connectivity index (χ2v) is 9.40. The number of nitrogens with zero attached hydrogens (tertiary/aromatic N) is 2. The van der Waals surface area contributed by atoms with Crippen LogP contribution in [-0.4, -0.2) is 30.7 Å². The highest BCUT2D eigenvalue weighted by Gasteiger charge is 2.22. The summed E-state index contributed by atoms with van der Waals surface area (Å²) < 4.78 is 33.7. The van der Waals surface area contributed by atoms with Crippen molar-refractivity contribution in [1.82, 2.24) is 9.97 Å². The van der Waals surface area contributed by atoms with Crippen LogP contribution in [0.2, 0.25) is 10.0 Å². The van der Waals surface area contributed by atoms with Crippen LogP contribution in [0.15, 0.2) is 45.4 Å². The van der Waals surface area contributed by atoms with Gasteiger partial charge in [0, 0.05) is 6.42 Å². The monoisotopic (exact) mass is 511 g/mol. The van der Waals surface area contributed by atoms with E-state index in [9.17, 15) is 8.42 Å². The van der Waals surface area contributed by atoms with Gasteiger partial charge in [0.1, 0.15) is 9.50 Å². The van der Waals surface area contributed by atoms with Crippen LogP contribution in [0.1, 0.15) is 13.3 Å². The van der Waals surface area contributed by atoms with Gasteiger partial charge in [-0.25, -0.2) is 18.4 Å². The average molecular weight is 513 g/mol. The van der Waals surface area contributed by atoms with Gasteiger partial charge in [-0.1, -0.05) is 42.3 Å². The highest BCUT2D eigenvalue weighted by atomic mass is 79.9. The Bertz CT molecular complexity index is 927. The first-order valence-electron chi connectivity index (χ1n) is 7.74. The smallest absolute Gasteiger partial charge is 0.264 e. The van der Waals surface area contributed by atoms with Crippen LogP contribution in [0.5, 0.6) is 5.88 Å². The zero-order valence-electron chi connectivity index (χ0n) is 14.2. The van der Waals surface area contributed by atoms with E-state index in [-0.39, 0.29) is 26.6 Å². The summed E-state index contributed by atoms with van der Waals surface area (Å²) in [7, 11) is -4.03. The van der Waals surface area contributed by atoms with Crippen molar-refractivity contribution in [3.63, 3.8) is 0 Å². The number of ether oxygens (including phenoxy) is 1. The van der Waals surface area contributed by atoms with Gasteiger partial charge in [-0.2, -0.15) is 0 Å². The Labute approximate surface area is 180 Å². The molecule has 146 valence electrons. The minimum Gasteiger partial charge on any atom is -0.475 e. The second-order valence-electron chi connectivity index (χ2n) is 4.97. The van der Waals surface area contributed by atoms with E-state index in [1.54, 1.807) is 11.8 Å². The van der Waals surface area contributed by atoms with Crippen molar-refractivity contribution < 1.29 is 13.2 Å². The van der Waals surface area contributed by atoms with Crippen LogP contribution in [-0.2, 0) is 10.0 Å². The van der Waals surface area contributed by atoms with E-state index >= 15 is 0 Å². The minimum atomic E-state index is -4.03. The lowest BCUT2D eigenvalue weighted by atomic mass is 10.4. The summed E-state index contributed by atoms with van der Waals surface area (Å²) in [5.41, 5.74) is 0. The lowest BCUT2D eigenvalue weighted by Gasteiger charge is -2.12. The maximum atomic E-state index is 12.7. The van der Waals surface area contributed by atoms with Crippen molar-refractivity contribution in [2.45, 2.75) is 18.2 Å². The van der Waals surface area contributed by atoms with E-state index in [2.05, 4.69) is 37.5 Å². The molecule has 6 nitrogen and oxygen atoms in total. The average Bonchev–Trinajstić information content (AvgIpc) is 2.62. The molecule has 0 aliphatic rings. The minimum absolute atomic E-state index is 0.0406. The van der Waals surface area contributed by atoms with Crippen molar-refractivity contribution in [2.75, 3.05) is 17.1 Å². The summed E-state index contributed by atoms with van der Waals surface area (Å²) in [6.45, 7) is 2.38. The van der Waals surface area contributed by atoms with Crippen LogP contribution in [0, 0.1) is 0 Å². The molecule has 0 atom stereocenters. The van der Waals surface area contributed by atoms with Crippen molar-refractivity contribution in [2.24, 2.45) is 0 Å². The van der Waals surface area contributed by atoms with Gasteiger partial charge in [0.25, 0.3) is 15.9 Å². The molecule has 11 heteroatoms. The Morgan fingerprint density at radius 3 is 2.89 bits per heavy atom.